The minimum absolute atomic E-state index is 0.164. The molecule has 0 aliphatic rings. The molecule has 0 fully saturated rings. The summed E-state index contributed by atoms with van der Waals surface area (Å²) in [5.74, 6) is 1.74. The normalized spacial score (nSPS) is 11.4. The van der Waals surface area contributed by atoms with E-state index < -0.39 is 15.6 Å². The summed E-state index contributed by atoms with van der Waals surface area (Å²) in [6.07, 6.45) is 0. The first-order valence-corrected chi connectivity index (χ1v) is 16.7. The molecule has 0 unspecified atom stereocenters. The van der Waals surface area contributed by atoms with Crippen molar-refractivity contribution in [2.75, 3.05) is 0 Å². The summed E-state index contributed by atoms with van der Waals surface area (Å²) in [5.41, 5.74) is 3.02. The lowest BCUT2D eigenvalue weighted by Crippen LogP contribution is -2.09. The first-order valence-electron chi connectivity index (χ1n) is 13.8. The summed E-state index contributed by atoms with van der Waals surface area (Å²) < 4.78 is 63.2. The maximum atomic E-state index is 14.0. The van der Waals surface area contributed by atoms with E-state index in [1.54, 1.807) is 48.5 Å². The van der Waals surface area contributed by atoms with Gasteiger partial charge in [-0.15, -0.1) is 0 Å². The molecule has 0 saturated carbocycles. The Kier molecular flexibility index (Phi) is 9.34. The van der Waals surface area contributed by atoms with Gasteiger partial charge in [0.05, 0.1) is 0 Å². The Labute approximate surface area is 257 Å². The van der Waals surface area contributed by atoms with E-state index in [0.717, 1.165) is 22.3 Å². The van der Waals surface area contributed by atoms with Gasteiger partial charge in [0.25, 0.3) is 0 Å². The highest BCUT2D eigenvalue weighted by Crippen LogP contribution is 2.53. The highest BCUT2D eigenvalue weighted by molar-refractivity contribution is 7.50. The molecule has 5 rings (SSSR count). The Morgan fingerprint density at radius 1 is 0.341 bits per heavy atom. The molecule has 0 aromatic heterocycles. The summed E-state index contributed by atoms with van der Waals surface area (Å²) in [6.45, 7) is 7.32. The average molecular weight is 631 g/mol. The number of hydrogen-bond donors (Lipinski definition) is 0. The Morgan fingerprint density at radius 3 is 0.795 bits per heavy atom. The third-order valence-electron chi connectivity index (χ3n) is 6.47. The van der Waals surface area contributed by atoms with Crippen LogP contribution in [0.3, 0.4) is 0 Å². The highest BCUT2D eigenvalue weighted by Gasteiger charge is 2.36. The quantitative estimate of drug-likeness (QED) is 0.126. The SMILES string of the molecule is Cc1ccccc1OP(=O)(Oc1ccc(OP(=O)(Oc2ccccc2C)Oc2ccccc2C)cc1)Oc1ccccc1C. The molecule has 0 heterocycles. The van der Waals surface area contributed by atoms with Crippen LogP contribution in [-0.2, 0) is 9.13 Å². The van der Waals surface area contributed by atoms with E-state index in [4.69, 9.17) is 27.1 Å². The van der Waals surface area contributed by atoms with Crippen molar-refractivity contribution in [2.45, 2.75) is 27.7 Å². The number of benzene rings is 5. The smallest absolute Gasteiger partial charge is 0.386 e. The molecule has 0 aliphatic heterocycles. The number of hydrogen-bond acceptors (Lipinski definition) is 8. The molecule has 0 atom stereocenters. The maximum Gasteiger partial charge on any atom is 0.647 e. The fraction of sp³-hybridized carbons (Fsp3) is 0.118. The number of aryl methyl sites for hydroxylation is 4. The van der Waals surface area contributed by atoms with Crippen molar-refractivity contribution in [3.8, 4) is 34.5 Å². The van der Waals surface area contributed by atoms with Crippen LogP contribution in [0.15, 0.2) is 121 Å². The number of phosphoric ester groups is 2. The molecule has 10 heteroatoms. The zero-order chi connectivity index (χ0) is 31.2. The van der Waals surface area contributed by atoms with E-state index in [9.17, 15) is 9.13 Å². The summed E-state index contributed by atoms with van der Waals surface area (Å²) in [6, 6.07) is 34.5. The minimum atomic E-state index is -4.24. The fourth-order valence-corrected chi connectivity index (χ4v) is 6.82. The Hall–Kier alpha value is -4.64. The van der Waals surface area contributed by atoms with Gasteiger partial charge in [-0.2, -0.15) is 9.13 Å². The second-order valence-corrected chi connectivity index (χ2v) is 12.9. The first-order chi connectivity index (χ1) is 21.1. The van der Waals surface area contributed by atoms with Crippen molar-refractivity contribution < 1.29 is 36.3 Å². The van der Waals surface area contributed by atoms with E-state index in [-0.39, 0.29) is 11.5 Å². The van der Waals surface area contributed by atoms with Crippen molar-refractivity contribution in [2.24, 2.45) is 0 Å². The van der Waals surface area contributed by atoms with Gasteiger partial charge in [-0.05, 0) is 98.5 Å². The van der Waals surface area contributed by atoms with Gasteiger partial charge in [0.2, 0.25) is 0 Å². The molecule has 44 heavy (non-hydrogen) atoms. The molecule has 8 nitrogen and oxygen atoms in total. The molecule has 0 spiro atoms. The molecular weight excluding hydrogens is 598 g/mol. The van der Waals surface area contributed by atoms with Crippen LogP contribution in [-0.4, -0.2) is 0 Å². The number of para-hydroxylation sites is 4. The third kappa shape index (κ3) is 7.84. The van der Waals surface area contributed by atoms with Crippen molar-refractivity contribution >= 4 is 15.6 Å². The molecule has 0 amide bonds. The zero-order valence-corrected chi connectivity index (χ0v) is 26.5. The van der Waals surface area contributed by atoms with Crippen molar-refractivity contribution in [1.29, 1.82) is 0 Å². The summed E-state index contributed by atoms with van der Waals surface area (Å²) >= 11 is 0. The standard InChI is InChI=1S/C34H32O8P2/c1-25-13-5-9-17-31(25)39-43(35,40-32-18-10-6-14-26(32)2)37-29-21-23-30(24-22-29)38-44(36,41-33-19-11-7-15-27(33)3)42-34-20-12-8-16-28(34)4/h5-24H,1-4H3. The molecule has 5 aromatic carbocycles. The van der Waals surface area contributed by atoms with Crippen LogP contribution in [0.4, 0.5) is 0 Å². The lowest BCUT2D eigenvalue weighted by Gasteiger charge is -2.22. The van der Waals surface area contributed by atoms with Gasteiger partial charge in [0.15, 0.2) is 0 Å². The number of rotatable bonds is 12. The monoisotopic (exact) mass is 630 g/mol. The Morgan fingerprint density at radius 2 is 0.568 bits per heavy atom. The summed E-state index contributed by atoms with van der Waals surface area (Å²) in [5, 5.41) is 0. The van der Waals surface area contributed by atoms with E-state index in [2.05, 4.69) is 0 Å². The van der Waals surface area contributed by atoms with Crippen LogP contribution >= 0.6 is 15.6 Å². The van der Waals surface area contributed by atoms with Crippen LogP contribution in [0, 0.1) is 27.7 Å². The lowest BCUT2D eigenvalue weighted by atomic mass is 10.2. The number of phosphoric acid groups is 2. The fourth-order valence-electron chi connectivity index (χ4n) is 4.05. The van der Waals surface area contributed by atoms with Crippen LogP contribution in [0.1, 0.15) is 22.3 Å². The topological polar surface area (TPSA) is 89.5 Å². The highest BCUT2D eigenvalue weighted by atomic mass is 31.2. The van der Waals surface area contributed by atoms with Crippen LogP contribution in [0.5, 0.6) is 34.5 Å². The Bertz CT molecular complexity index is 1600. The largest absolute Gasteiger partial charge is 0.647 e. The Balaban J connectivity index is 1.40. The van der Waals surface area contributed by atoms with Gasteiger partial charge in [0, 0.05) is 0 Å². The van der Waals surface area contributed by atoms with Crippen LogP contribution in [0.2, 0.25) is 0 Å². The van der Waals surface area contributed by atoms with Gasteiger partial charge >= 0.3 is 15.6 Å². The predicted molar refractivity (Wildman–Crippen MR) is 170 cm³/mol. The van der Waals surface area contributed by atoms with Crippen molar-refractivity contribution in [3.05, 3.63) is 144 Å². The van der Waals surface area contributed by atoms with Crippen LogP contribution < -0.4 is 27.1 Å². The van der Waals surface area contributed by atoms with Gasteiger partial charge in [-0.1, -0.05) is 72.8 Å². The first kappa shape index (κ1) is 30.8. The van der Waals surface area contributed by atoms with E-state index in [1.807, 2.05) is 76.2 Å². The van der Waals surface area contributed by atoms with Gasteiger partial charge in [-0.3, -0.25) is 0 Å². The van der Waals surface area contributed by atoms with E-state index >= 15 is 0 Å². The van der Waals surface area contributed by atoms with Gasteiger partial charge in [0.1, 0.15) is 34.5 Å². The molecule has 0 aliphatic carbocycles. The molecular formula is C34H32O8P2. The minimum Gasteiger partial charge on any atom is -0.386 e. The molecule has 0 saturated heterocycles. The van der Waals surface area contributed by atoms with Crippen LogP contribution in [0.25, 0.3) is 0 Å². The molecule has 226 valence electrons. The van der Waals surface area contributed by atoms with Crippen molar-refractivity contribution in [1.82, 2.24) is 0 Å². The van der Waals surface area contributed by atoms with E-state index in [0.29, 0.717) is 23.0 Å². The summed E-state index contributed by atoms with van der Waals surface area (Å²) in [7, 11) is -8.49. The second-order valence-electron chi connectivity index (χ2n) is 9.98. The average Bonchev–Trinajstić information content (AvgIpc) is 2.99. The van der Waals surface area contributed by atoms with Crippen molar-refractivity contribution in [3.63, 3.8) is 0 Å². The molecule has 5 aromatic rings. The maximum absolute atomic E-state index is 14.0. The molecule has 0 N–H and O–H groups in total. The lowest BCUT2D eigenvalue weighted by molar-refractivity contribution is 0.292. The molecule has 0 radical (unpaired) electrons. The summed E-state index contributed by atoms with van der Waals surface area (Å²) in [4.78, 5) is 0. The predicted octanol–water partition coefficient (Wildman–Crippen LogP) is 10.2. The van der Waals surface area contributed by atoms with E-state index in [1.165, 1.54) is 24.3 Å². The third-order valence-corrected chi connectivity index (χ3v) is 9.02. The zero-order valence-electron chi connectivity index (χ0n) is 24.7. The molecule has 0 bridgehead atoms. The van der Waals surface area contributed by atoms with Gasteiger partial charge < -0.3 is 27.1 Å². The van der Waals surface area contributed by atoms with Gasteiger partial charge in [-0.25, -0.2) is 0 Å². The second kappa shape index (κ2) is 13.3.